The molecule has 1 aromatic carbocycles. The maximum atomic E-state index is 12.4. The molecule has 2 N–H and O–H groups in total. The number of hydrogen-bond donors (Lipinski definition) is 2. The molecule has 2 aromatic heterocycles. The molecule has 0 atom stereocenters. The quantitative estimate of drug-likeness (QED) is 0.368. The van der Waals surface area contributed by atoms with Gasteiger partial charge in [0.25, 0.3) is 11.2 Å². The van der Waals surface area contributed by atoms with Gasteiger partial charge in [0.15, 0.2) is 11.2 Å². The fourth-order valence-corrected chi connectivity index (χ4v) is 2.89. The van der Waals surface area contributed by atoms with E-state index in [1.54, 1.807) is 23.6 Å². The minimum absolute atomic E-state index is 0.00613. The standard InChI is InChI=1S/C18H21N7O4/c1-10(2)9-24-14-15(23(4)18(27)20-16(14)26)19-17(24)22-21-11(3)12-5-7-13(8-6-12)25(28)29/h5-8,10H,9H2,1-4H3,(H,19,22)(H,20,26,27)/b21-11+. The topological polar surface area (TPSA) is 140 Å². The van der Waals surface area contributed by atoms with Gasteiger partial charge in [0.05, 0.1) is 10.6 Å². The Kier molecular flexibility index (Phi) is 5.31. The predicted molar refractivity (Wildman–Crippen MR) is 109 cm³/mol. The lowest BCUT2D eigenvalue weighted by Crippen LogP contribution is -2.29. The number of benzene rings is 1. The first kappa shape index (κ1) is 20.0. The number of nitro benzene ring substituents is 1. The minimum atomic E-state index is -0.547. The van der Waals surface area contributed by atoms with Crippen molar-refractivity contribution in [3.05, 3.63) is 60.8 Å². The molecule has 0 aliphatic rings. The largest absolute Gasteiger partial charge is 0.329 e. The molecule has 0 bridgehead atoms. The maximum absolute atomic E-state index is 12.4. The number of rotatable bonds is 6. The summed E-state index contributed by atoms with van der Waals surface area (Å²) in [6.45, 7) is 6.23. The number of nitrogens with zero attached hydrogens (tertiary/aromatic N) is 5. The number of imidazole rings is 1. The summed E-state index contributed by atoms with van der Waals surface area (Å²) in [4.78, 5) is 41.2. The highest BCUT2D eigenvalue weighted by atomic mass is 16.6. The summed E-state index contributed by atoms with van der Waals surface area (Å²) in [6.07, 6.45) is 0. The Labute approximate surface area is 164 Å². The van der Waals surface area contributed by atoms with Crippen molar-refractivity contribution in [3.63, 3.8) is 0 Å². The van der Waals surface area contributed by atoms with E-state index in [9.17, 15) is 19.7 Å². The van der Waals surface area contributed by atoms with Gasteiger partial charge in [-0.15, -0.1) is 0 Å². The van der Waals surface area contributed by atoms with E-state index >= 15 is 0 Å². The van der Waals surface area contributed by atoms with E-state index in [2.05, 4.69) is 20.5 Å². The van der Waals surface area contributed by atoms with Crippen LogP contribution in [0.25, 0.3) is 11.2 Å². The number of H-pyrrole nitrogens is 1. The number of hydrazone groups is 1. The van der Waals surface area contributed by atoms with Crippen molar-refractivity contribution in [2.24, 2.45) is 18.1 Å². The van der Waals surface area contributed by atoms with Gasteiger partial charge in [-0.1, -0.05) is 13.8 Å². The first-order chi connectivity index (χ1) is 13.7. The average Bonchev–Trinajstić information content (AvgIpc) is 3.02. The molecule has 2 heterocycles. The second-order valence-corrected chi connectivity index (χ2v) is 7.04. The van der Waals surface area contributed by atoms with Crippen LogP contribution in [0.2, 0.25) is 0 Å². The highest BCUT2D eigenvalue weighted by Crippen LogP contribution is 2.18. The van der Waals surface area contributed by atoms with Crippen molar-refractivity contribution in [3.8, 4) is 0 Å². The van der Waals surface area contributed by atoms with E-state index in [0.717, 1.165) is 0 Å². The molecule has 0 saturated heterocycles. The van der Waals surface area contributed by atoms with Gasteiger partial charge >= 0.3 is 5.69 Å². The van der Waals surface area contributed by atoms with Crippen LogP contribution in [0, 0.1) is 16.0 Å². The molecule has 0 radical (unpaired) electrons. The fraction of sp³-hybridized carbons (Fsp3) is 0.333. The van der Waals surface area contributed by atoms with Gasteiger partial charge in [0, 0.05) is 25.7 Å². The number of fused-ring (bicyclic) bond motifs is 1. The van der Waals surface area contributed by atoms with Gasteiger partial charge in [0.1, 0.15) is 0 Å². The second kappa shape index (κ2) is 7.70. The van der Waals surface area contributed by atoms with E-state index in [-0.39, 0.29) is 22.8 Å². The van der Waals surface area contributed by atoms with Crippen LogP contribution in [0.5, 0.6) is 0 Å². The Bertz CT molecular complexity index is 1220. The van der Waals surface area contributed by atoms with Crippen LogP contribution in [0.1, 0.15) is 26.3 Å². The molecule has 0 aliphatic carbocycles. The predicted octanol–water partition coefficient (Wildman–Crippen LogP) is 1.82. The zero-order valence-electron chi connectivity index (χ0n) is 16.5. The lowest BCUT2D eigenvalue weighted by molar-refractivity contribution is -0.384. The summed E-state index contributed by atoms with van der Waals surface area (Å²) in [5.74, 6) is 0.533. The van der Waals surface area contributed by atoms with Gasteiger partial charge < -0.3 is 4.57 Å². The number of hydrogen-bond acceptors (Lipinski definition) is 7. The monoisotopic (exact) mass is 399 g/mol. The number of anilines is 1. The van der Waals surface area contributed by atoms with Gasteiger partial charge in [-0.25, -0.2) is 10.2 Å². The summed E-state index contributed by atoms with van der Waals surface area (Å²) in [7, 11) is 1.53. The van der Waals surface area contributed by atoms with Crippen molar-refractivity contribution in [1.29, 1.82) is 0 Å². The zero-order chi connectivity index (χ0) is 21.3. The Morgan fingerprint density at radius 2 is 1.97 bits per heavy atom. The maximum Gasteiger partial charge on any atom is 0.329 e. The van der Waals surface area contributed by atoms with Crippen molar-refractivity contribution in [1.82, 2.24) is 19.1 Å². The minimum Gasteiger partial charge on any atom is -0.303 e. The molecule has 152 valence electrons. The number of nitro groups is 1. The lowest BCUT2D eigenvalue weighted by Gasteiger charge is -2.11. The van der Waals surface area contributed by atoms with Crippen LogP contribution in [0.4, 0.5) is 11.6 Å². The molecular weight excluding hydrogens is 378 g/mol. The molecular formula is C18H21N7O4. The van der Waals surface area contributed by atoms with E-state index in [1.807, 2.05) is 13.8 Å². The van der Waals surface area contributed by atoms with Crippen LogP contribution >= 0.6 is 0 Å². The van der Waals surface area contributed by atoms with Crippen LogP contribution in [0.15, 0.2) is 39.0 Å². The van der Waals surface area contributed by atoms with Crippen molar-refractivity contribution in [2.45, 2.75) is 27.3 Å². The molecule has 3 aromatic rings. The summed E-state index contributed by atoms with van der Waals surface area (Å²) in [5, 5.41) is 15.1. The lowest BCUT2D eigenvalue weighted by atomic mass is 10.1. The number of non-ortho nitro benzene ring substituents is 1. The number of aryl methyl sites for hydroxylation is 1. The second-order valence-electron chi connectivity index (χ2n) is 7.04. The highest BCUT2D eigenvalue weighted by Gasteiger charge is 2.18. The van der Waals surface area contributed by atoms with E-state index in [4.69, 9.17) is 0 Å². The molecule has 11 nitrogen and oxygen atoms in total. The van der Waals surface area contributed by atoms with E-state index in [0.29, 0.717) is 23.8 Å². The first-order valence-electron chi connectivity index (χ1n) is 8.93. The molecule has 0 spiro atoms. The highest BCUT2D eigenvalue weighted by molar-refractivity contribution is 5.99. The van der Waals surface area contributed by atoms with E-state index < -0.39 is 16.2 Å². The third-order valence-corrected chi connectivity index (χ3v) is 4.37. The third kappa shape index (κ3) is 3.93. The van der Waals surface area contributed by atoms with Crippen LogP contribution in [-0.2, 0) is 13.6 Å². The summed E-state index contributed by atoms with van der Waals surface area (Å²) >= 11 is 0. The number of aromatic nitrogens is 4. The molecule has 29 heavy (non-hydrogen) atoms. The molecule has 0 amide bonds. The summed E-state index contributed by atoms with van der Waals surface area (Å²) in [5.41, 5.74) is 3.60. The number of aromatic amines is 1. The Hall–Kier alpha value is -3.76. The molecule has 0 saturated carbocycles. The average molecular weight is 399 g/mol. The van der Waals surface area contributed by atoms with Crippen LogP contribution in [-0.4, -0.2) is 29.7 Å². The normalized spacial score (nSPS) is 12.0. The van der Waals surface area contributed by atoms with Crippen LogP contribution in [0.3, 0.4) is 0 Å². The fourth-order valence-electron chi connectivity index (χ4n) is 2.89. The molecule has 11 heteroatoms. The molecule has 3 rings (SSSR count). The summed E-state index contributed by atoms with van der Waals surface area (Å²) in [6, 6.07) is 6.00. The van der Waals surface area contributed by atoms with Gasteiger partial charge in [-0.05, 0) is 30.5 Å². The number of nitrogens with one attached hydrogen (secondary N) is 2. The van der Waals surface area contributed by atoms with Gasteiger partial charge in [0.2, 0.25) is 5.95 Å². The summed E-state index contributed by atoms with van der Waals surface area (Å²) < 4.78 is 2.95. The Balaban J connectivity index is 2.02. The third-order valence-electron chi connectivity index (χ3n) is 4.37. The Morgan fingerprint density at radius 3 is 2.55 bits per heavy atom. The SMILES string of the molecule is C/C(=N\Nc1nc2c(c(=O)[nH]c(=O)n2C)n1CC(C)C)c1ccc([N+](=O)[O-])cc1. The van der Waals surface area contributed by atoms with Crippen molar-refractivity contribution in [2.75, 3.05) is 5.43 Å². The molecule has 0 aliphatic heterocycles. The van der Waals surface area contributed by atoms with Crippen LogP contribution < -0.4 is 16.7 Å². The van der Waals surface area contributed by atoms with Crippen molar-refractivity contribution < 1.29 is 4.92 Å². The first-order valence-corrected chi connectivity index (χ1v) is 8.93. The van der Waals surface area contributed by atoms with Gasteiger partial charge in [-0.3, -0.25) is 24.5 Å². The Morgan fingerprint density at radius 1 is 1.31 bits per heavy atom. The van der Waals surface area contributed by atoms with Crippen molar-refractivity contribution >= 4 is 28.5 Å². The van der Waals surface area contributed by atoms with E-state index in [1.165, 1.54) is 23.7 Å². The van der Waals surface area contributed by atoms with Gasteiger partial charge in [-0.2, -0.15) is 10.1 Å². The molecule has 0 unspecified atom stereocenters. The smallest absolute Gasteiger partial charge is 0.303 e. The zero-order valence-corrected chi connectivity index (χ0v) is 16.5. The molecule has 0 fully saturated rings.